The van der Waals surface area contributed by atoms with Gasteiger partial charge in [0, 0.05) is 12.6 Å². The van der Waals surface area contributed by atoms with Crippen molar-refractivity contribution >= 4 is 18.1 Å². The number of para-hydroxylation sites is 1. The predicted octanol–water partition coefficient (Wildman–Crippen LogP) is 3.45. The summed E-state index contributed by atoms with van der Waals surface area (Å²) in [6, 6.07) is 15.9. The molecule has 130 valence electrons. The van der Waals surface area contributed by atoms with Gasteiger partial charge in [0.05, 0.1) is 17.6 Å². The maximum absolute atomic E-state index is 10.7. The summed E-state index contributed by atoms with van der Waals surface area (Å²) < 4.78 is 11.1. The monoisotopic (exact) mass is 352 g/mol. The highest BCUT2D eigenvalue weighted by Crippen LogP contribution is 2.18. The SMILES string of the molecule is Cl.O=[N+]([O-])c1cccc(OCCNCCCOc2ccccc2)c1. The van der Waals surface area contributed by atoms with Gasteiger partial charge in [0.25, 0.3) is 5.69 Å². The van der Waals surface area contributed by atoms with Crippen molar-refractivity contribution in [3.05, 3.63) is 64.7 Å². The largest absolute Gasteiger partial charge is 0.494 e. The van der Waals surface area contributed by atoms with Crippen molar-refractivity contribution in [2.45, 2.75) is 6.42 Å². The maximum Gasteiger partial charge on any atom is 0.273 e. The van der Waals surface area contributed by atoms with Crippen LogP contribution in [0.1, 0.15) is 6.42 Å². The lowest BCUT2D eigenvalue weighted by Crippen LogP contribution is -2.23. The van der Waals surface area contributed by atoms with E-state index < -0.39 is 4.92 Å². The fraction of sp³-hybridized carbons (Fsp3) is 0.294. The minimum atomic E-state index is -0.433. The van der Waals surface area contributed by atoms with Crippen molar-refractivity contribution in [2.24, 2.45) is 0 Å². The number of nitrogens with zero attached hydrogens (tertiary/aromatic N) is 1. The number of hydrogen-bond donors (Lipinski definition) is 1. The highest BCUT2D eigenvalue weighted by Gasteiger charge is 2.05. The molecule has 0 aliphatic carbocycles. The van der Waals surface area contributed by atoms with Crippen LogP contribution >= 0.6 is 12.4 Å². The molecule has 0 heterocycles. The van der Waals surface area contributed by atoms with Gasteiger partial charge in [0.15, 0.2) is 0 Å². The van der Waals surface area contributed by atoms with E-state index in [2.05, 4.69) is 5.32 Å². The molecule has 2 aromatic rings. The Bertz CT molecular complexity index is 611. The number of hydrogen-bond acceptors (Lipinski definition) is 5. The average molecular weight is 353 g/mol. The lowest BCUT2D eigenvalue weighted by Gasteiger charge is -2.08. The molecule has 0 amide bonds. The van der Waals surface area contributed by atoms with Gasteiger partial charge in [-0.3, -0.25) is 10.1 Å². The number of benzene rings is 2. The second-order valence-electron chi connectivity index (χ2n) is 4.87. The lowest BCUT2D eigenvalue weighted by molar-refractivity contribution is -0.384. The molecule has 0 spiro atoms. The summed E-state index contributed by atoms with van der Waals surface area (Å²) in [7, 11) is 0. The summed E-state index contributed by atoms with van der Waals surface area (Å²) in [5, 5.41) is 13.9. The average Bonchev–Trinajstić information content (AvgIpc) is 2.58. The van der Waals surface area contributed by atoms with Crippen LogP contribution in [0.2, 0.25) is 0 Å². The Labute approximate surface area is 147 Å². The van der Waals surface area contributed by atoms with Crippen LogP contribution in [0.15, 0.2) is 54.6 Å². The van der Waals surface area contributed by atoms with E-state index >= 15 is 0 Å². The first-order chi connectivity index (χ1) is 11.3. The number of rotatable bonds is 10. The Morgan fingerprint density at radius 3 is 2.38 bits per heavy atom. The van der Waals surface area contributed by atoms with Gasteiger partial charge < -0.3 is 14.8 Å². The molecule has 2 aromatic carbocycles. The molecular weight excluding hydrogens is 332 g/mol. The summed E-state index contributed by atoms with van der Waals surface area (Å²) in [4.78, 5) is 10.2. The number of nitro benzene ring substituents is 1. The van der Waals surface area contributed by atoms with E-state index in [0.717, 1.165) is 18.7 Å². The Morgan fingerprint density at radius 2 is 1.62 bits per heavy atom. The minimum absolute atomic E-state index is 0. The molecule has 0 aliphatic rings. The summed E-state index contributed by atoms with van der Waals surface area (Å²) >= 11 is 0. The van der Waals surface area contributed by atoms with E-state index in [9.17, 15) is 10.1 Å². The van der Waals surface area contributed by atoms with E-state index in [1.54, 1.807) is 12.1 Å². The van der Waals surface area contributed by atoms with Crippen LogP contribution in [-0.4, -0.2) is 31.2 Å². The van der Waals surface area contributed by atoms with E-state index in [0.29, 0.717) is 25.5 Å². The Morgan fingerprint density at radius 1 is 0.917 bits per heavy atom. The molecule has 0 unspecified atom stereocenters. The Kier molecular flexibility index (Phi) is 9.26. The third-order valence-corrected chi connectivity index (χ3v) is 3.09. The van der Waals surface area contributed by atoms with Gasteiger partial charge >= 0.3 is 0 Å². The second-order valence-corrected chi connectivity index (χ2v) is 4.87. The van der Waals surface area contributed by atoms with Crippen molar-refractivity contribution in [2.75, 3.05) is 26.3 Å². The van der Waals surface area contributed by atoms with Crippen LogP contribution in [0.25, 0.3) is 0 Å². The molecule has 0 bridgehead atoms. The highest BCUT2D eigenvalue weighted by molar-refractivity contribution is 5.85. The first-order valence-corrected chi connectivity index (χ1v) is 7.51. The molecule has 24 heavy (non-hydrogen) atoms. The van der Waals surface area contributed by atoms with Crippen molar-refractivity contribution in [3.8, 4) is 11.5 Å². The maximum atomic E-state index is 10.7. The van der Waals surface area contributed by atoms with Gasteiger partial charge in [-0.1, -0.05) is 24.3 Å². The molecular formula is C17H21ClN2O4. The first-order valence-electron chi connectivity index (χ1n) is 7.51. The predicted molar refractivity (Wildman–Crippen MR) is 95.3 cm³/mol. The molecule has 6 nitrogen and oxygen atoms in total. The van der Waals surface area contributed by atoms with Gasteiger partial charge in [-0.05, 0) is 31.2 Å². The number of nitro groups is 1. The van der Waals surface area contributed by atoms with Crippen LogP contribution in [0.5, 0.6) is 11.5 Å². The summed E-state index contributed by atoms with van der Waals surface area (Å²) in [5.41, 5.74) is 0.0357. The topological polar surface area (TPSA) is 73.6 Å². The molecule has 0 saturated heterocycles. The molecule has 0 fully saturated rings. The van der Waals surface area contributed by atoms with Crippen LogP contribution < -0.4 is 14.8 Å². The van der Waals surface area contributed by atoms with E-state index in [-0.39, 0.29) is 18.1 Å². The number of nitrogens with one attached hydrogen (secondary N) is 1. The summed E-state index contributed by atoms with van der Waals surface area (Å²) in [5.74, 6) is 1.38. The van der Waals surface area contributed by atoms with Crippen LogP contribution in [0, 0.1) is 10.1 Å². The fourth-order valence-corrected chi connectivity index (χ4v) is 1.96. The molecule has 0 radical (unpaired) electrons. The van der Waals surface area contributed by atoms with Crippen LogP contribution in [-0.2, 0) is 0 Å². The van der Waals surface area contributed by atoms with E-state index in [1.807, 2.05) is 30.3 Å². The third-order valence-electron chi connectivity index (χ3n) is 3.09. The van der Waals surface area contributed by atoms with Gasteiger partial charge in [-0.25, -0.2) is 0 Å². The molecule has 0 saturated carbocycles. The molecule has 0 aliphatic heterocycles. The fourth-order valence-electron chi connectivity index (χ4n) is 1.96. The minimum Gasteiger partial charge on any atom is -0.494 e. The number of halogens is 1. The Balaban J connectivity index is 0.00000288. The zero-order chi connectivity index (χ0) is 16.3. The quantitative estimate of drug-likeness (QED) is 0.402. The van der Waals surface area contributed by atoms with Gasteiger partial charge in [0.1, 0.15) is 18.1 Å². The summed E-state index contributed by atoms with van der Waals surface area (Å²) in [6.07, 6.45) is 0.895. The van der Waals surface area contributed by atoms with Crippen molar-refractivity contribution < 1.29 is 14.4 Å². The Hall–Kier alpha value is -2.31. The first kappa shape index (κ1) is 19.7. The zero-order valence-corrected chi connectivity index (χ0v) is 14.0. The lowest BCUT2D eigenvalue weighted by atomic mass is 10.3. The van der Waals surface area contributed by atoms with E-state index in [1.165, 1.54) is 12.1 Å². The van der Waals surface area contributed by atoms with Gasteiger partial charge in [-0.15, -0.1) is 12.4 Å². The van der Waals surface area contributed by atoms with Crippen molar-refractivity contribution in [1.82, 2.24) is 5.32 Å². The van der Waals surface area contributed by atoms with Gasteiger partial charge in [0.2, 0.25) is 0 Å². The van der Waals surface area contributed by atoms with Crippen LogP contribution in [0.3, 0.4) is 0 Å². The molecule has 0 atom stereocenters. The smallest absolute Gasteiger partial charge is 0.273 e. The van der Waals surface area contributed by atoms with E-state index in [4.69, 9.17) is 9.47 Å². The summed E-state index contributed by atoms with van der Waals surface area (Å²) in [6.45, 7) is 2.61. The standard InChI is InChI=1S/C17H20N2O4.ClH/c20-19(21)15-6-4-9-17(14-15)23-13-11-18-10-5-12-22-16-7-2-1-3-8-16;/h1-4,6-9,14,18H,5,10-13H2;1H. The molecule has 7 heteroatoms. The van der Waals surface area contributed by atoms with Crippen molar-refractivity contribution in [1.29, 1.82) is 0 Å². The van der Waals surface area contributed by atoms with Crippen molar-refractivity contribution in [3.63, 3.8) is 0 Å². The molecule has 0 aromatic heterocycles. The molecule has 2 rings (SSSR count). The zero-order valence-electron chi connectivity index (χ0n) is 13.2. The van der Waals surface area contributed by atoms with Gasteiger partial charge in [-0.2, -0.15) is 0 Å². The number of non-ortho nitro benzene ring substituents is 1. The van der Waals surface area contributed by atoms with Crippen LogP contribution in [0.4, 0.5) is 5.69 Å². The number of ether oxygens (including phenoxy) is 2. The highest BCUT2D eigenvalue weighted by atomic mass is 35.5. The second kappa shape index (κ2) is 11.3. The third kappa shape index (κ3) is 7.30. The normalized spacial score (nSPS) is 9.83. The molecule has 1 N–H and O–H groups in total.